The lowest BCUT2D eigenvalue weighted by Crippen LogP contribution is -2.12. The average molecular weight is 331 g/mol. The van der Waals surface area contributed by atoms with Gasteiger partial charge in [-0.15, -0.1) is 10.2 Å². The molecule has 0 radical (unpaired) electrons. The largest absolute Gasteiger partial charge is 0.465 e. The summed E-state index contributed by atoms with van der Waals surface area (Å²) in [7, 11) is 1.19. The van der Waals surface area contributed by atoms with Crippen LogP contribution in [0.25, 0.3) is 16.7 Å². The number of carbonyl (C=O) groups excluding carboxylic acids is 1. The van der Waals surface area contributed by atoms with E-state index in [9.17, 15) is 18.0 Å². The summed E-state index contributed by atoms with van der Waals surface area (Å²) in [5.74, 6) is -1.86. The maximum absolute atomic E-state index is 13.0. The Kier molecular flexibility index (Phi) is 3.17. The molecular weight excluding hydrogens is 325 g/mol. The van der Waals surface area contributed by atoms with Gasteiger partial charge in [-0.3, -0.25) is 4.40 Å². The first-order valence-corrected chi connectivity index (χ1v) is 6.20. The molecule has 114 valence electrons. The van der Waals surface area contributed by atoms with Crippen LogP contribution >= 0.6 is 11.6 Å². The molecule has 0 aliphatic heterocycles. The number of hydrogen-bond acceptors (Lipinski definition) is 5. The highest BCUT2D eigenvalue weighted by atomic mass is 35.5. The maximum Gasteiger partial charge on any atom is 0.452 e. The Morgan fingerprint density at radius 1 is 1.32 bits per heavy atom. The first-order valence-electron chi connectivity index (χ1n) is 5.83. The van der Waals surface area contributed by atoms with E-state index in [1.165, 1.54) is 25.3 Å². The van der Waals surface area contributed by atoms with Crippen LogP contribution < -0.4 is 0 Å². The van der Waals surface area contributed by atoms with Gasteiger partial charge in [0.2, 0.25) is 5.82 Å². The molecule has 0 unspecified atom stereocenters. The number of benzene rings is 1. The molecule has 0 atom stereocenters. The Morgan fingerprint density at radius 2 is 2.05 bits per heavy atom. The molecule has 0 aliphatic rings. The molecule has 0 bridgehead atoms. The Balaban J connectivity index is 2.40. The van der Waals surface area contributed by atoms with Gasteiger partial charge in [0.25, 0.3) is 0 Å². The molecule has 22 heavy (non-hydrogen) atoms. The predicted octanol–water partition coefficient (Wildman–Crippen LogP) is 2.74. The summed E-state index contributed by atoms with van der Waals surface area (Å²) in [4.78, 5) is 15.4. The van der Waals surface area contributed by atoms with Crippen LogP contribution in [0.2, 0.25) is 5.15 Å². The molecule has 2 aromatic heterocycles. The van der Waals surface area contributed by atoms with Gasteiger partial charge in [0, 0.05) is 0 Å². The number of halogens is 4. The molecule has 0 amide bonds. The quantitative estimate of drug-likeness (QED) is 0.642. The molecule has 0 saturated carbocycles. The van der Waals surface area contributed by atoms with E-state index in [1.807, 2.05) is 0 Å². The Bertz CT molecular complexity index is 907. The van der Waals surface area contributed by atoms with E-state index in [2.05, 4.69) is 19.9 Å². The zero-order chi connectivity index (χ0) is 16.1. The molecule has 2 heterocycles. The first kappa shape index (κ1) is 14.5. The highest BCUT2D eigenvalue weighted by molar-refractivity contribution is 6.32. The second-order valence-electron chi connectivity index (χ2n) is 4.28. The van der Waals surface area contributed by atoms with E-state index in [4.69, 9.17) is 11.6 Å². The van der Waals surface area contributed by atoms with Crippen molar-refractivity contribution >= 4 is 34.3 Å². The summed E-state index contributed by atoms with van der Waals surface area (Å²) in [6, 6.07) is 3.91. The molecule has 0 aliphatic carbocycles. The molecule has 10 heteroatoms. The van der Waals surface area contributed by atoms with Crippen LogP contribution in [0, 0.1) is 0 Å². The lowest BCUT2D eigenvalue weighted by atomic mass is 10.2. The number of ether oxygens (including phenoxy) is 1. The summed E-state index contributed by atoms with van der Waals surface area (Å²) in [6.07, 6.45) is -4.71. The minimum Gasteiger partial charge on any atom is -0.465 e. The van der Waals surface area contributed by atoms with Gasteiger partial charge < -0.3 is 4.74 Å². The molecule has 3 rings (SSSR count). The highest BCUT2D eigenvalue weighted by Gasteiger charge is 2.38. The van der Waals surface area contributed by atoms with Crippen molar-refractivity contribution < 1.29 is 22.7 Å². The minimum atomic E-state index is -4.71. The van der Waals surface area contributed by atoms with Crippen LogP contribution in [0.1, 0.15) is 16.2 Å². The third-order valence-electron chi connectivity index (χ3n) is 2.96. The van der Waals surface area contributed by atoms with Crippen molar-refractivity contribution in [1.82, 2.24) is 19.6 Å². The number of carbonyl (C=O) groups is 1. The average Bonchev–Trinajstić information content (AvgIpc) is 2.91. The highest BCUT2D eigenvalue weighted by Crippen LogP contribution is 2.31. The van der Waals surface area contributed by atoms with Crippen LogP contribution in [0.15, 0.2) is 18.2 Å². The fourth-order valence-electron chi connectivity index (χ4n) is 2.03. The fourth-order valence-corrected chi connectivity index (χ4v) is 2.25. The summed E-state index contributed by atoms with van der Waals surface area (Å²) in [6.45, 7) is 0. The number of alkyl halides is 3. The van der Waals surface area contributed by atoms with Crippen LogP contribution in [0.3, 0.4) is 0 Å². The number of nitrogens with zero attached hydrogens (tertiary/aromatic N) is 4. The molecule has 0 spiro atoms. The number of hydrogen-bond donors (Lipinski definition) is 0. The summed E-state index contributed by atoms with van der Waals surface area (Å²) in [5.41, 5.74) is 0.0851. The number of esters is 1. The van der Waals surface area contributed by atoms with Crippen LogP contribution in [-0.2, 0) is 10.9 Å². The smallest absolute Gasteiger partial charge is 0.452 e. The first-order chi connectivity index (χ1) is 10.3. The number of methoxy groups -OCH3 is 1. The zero-order valence-corrected chi connectivity index (χ0v) is 11.6. The third kappa shape index (κ3) is 2.13. The molecular formula is C12H6ClF3N4O2. The molecule has 3 aromatic rings. The van der Waals surface area contributed by atoms with Gasteiger partial charge in [0.05, 0.1) is 23.7 Å². The number of rotatable bonds is 1. The topological polar surface area (TPSA) is 69.4 Å². The Labute approximate surface area is 125 Å². The SMILES string of the molecule is COC(=O)c1ccc2c(c1)nc(Cl)c1nnc(C(F)(F)F)n12. The van der Waals surface area contributed by atoms with Gasteiger partial charge in [0.1, 0.15) is 0 Å². The van der Waals surface area contributed by atoms with Crippen molar-refractivity contribution in [3.8, 4) is 0 Å². The summed E-state index contributed by atoms with van der Waals surface area (Å²) < 4.78 is 44.3. The summed E-state index contributed by atoms with van der Waals surface area (Å²) >= 11 is 5.85. The van der Waals surface area contributed by atoms with Crippen molar-refractivity contribution in [2.75, 3.05) is 7.11 Å². The van der Waals surface area contributed by atoms with Crippen LogP contribution in [-0.4, -0.2) is 32.7 Å². The van der Waals surface area contributed by atoms with E-state index < -0.39 is 18.0 Å². The third-order valence-corrected chi connectivity index (χ3v) is 3.21. The Morgan fingerprint density at radius 3 is 2.68 bits per heavy atom. The van der Waals surface area contributed by atoms with Crippen LogP contribution in [0.4, 0.5) is 13.2 Å². The molecule has 0 fully saturated rings. The van der Waals surface area contributed by atoms with E-state index in [0.717, 1.165) is 4.40 Å². The lowest BCUT2D eigenvalue weighted by Gasteiger charge is -2.08. The van der Waals surface area contributed by atoms with Crippen molar-refractivity contribution in [1.29, 1.82) is 0 Å². The predicted molar refractivity (Wildman–Crippen MR) is 69.6 cm³/mol. The van der Waals surface area contributed by atoms with Crippen LogP contribution in [0.5, 0.6) is 0 Å². The lowest BCUT2D eigenvalue weighted by molar-refractivity contribution is -0.145. The molecule has 0 N–H and O–H groups in total. The normalized spacial score (nSPS) is 12.0. The number of fused-ring (bicyclic) bond motifs is 3. The van der Waals surface area contributed by atoms with Crippen molar-refractivity contribution in [3.63, 3.8) is 0 Å². The summed E-state index contributed by atoms with van der Waals surface area (Å²) in [5, 5.41) is 6.29. The van der Waals surface area contributed by atoms with Gasteiger partial charge in [-0.1, -0.05) is 11.6 Å². The second-order valence-corrected chi connectivity index (χ2v) is 4.64. The Hall–Kier alpha value is -2.42. The van der Waals surface area contributed by atoms with Gasteiger partial charge in [-0.2, -0.15) is 13.2 Å². The van der Waals surface area contributed by atoms with Gasteiger partial charge in [0.15, 0.2) is 10.8 Å². The second kappa shape index (κ2) is 4.80. The van der Waals surface area contributed by atoms with Crippen molar-refractivity contribution in [2.24, 2.45) is 0 Å². The zero-order valence-electron chi connectivity index (χ0n) is 10.8. The van der Waals surface area contributed by atoms with E-state index in [-0.39, 0.29) is 27.4 Å². The number of aromatic nitrogens is 4. The van der Waals surface area contributed by atoms with Gasteiger partial charge in [-0.25, -0.2) is 9.78 Å². The molecule has 0 saturated heterocycles. The van der Waals surface area contributed by atoms with Gasteiger partial charge in [-0.05, 0) is 18.2 Å². The van der Waals surface area contributed by atoms with Gasteiger partial charge >= 0.3 is 12.1 Å². The molecule has 1 aromatic carbocycles. The maximum atomic E-state index is 13.0. The monoisotopic (exact) mass is 330 g/mol. The minimum absolute atomic E-state index is 0.0735. The van der Waals surface area contributed by atoms with E-state index >= 15 is 0 Å². The fraction of sp³-hybridized carbons (Fsp3) is 0.167. The van der Waals surface area contributed by atoms with Crippen molar-refractivity contribution in [3.05, 3.63) is 34.7 Å². The molecule has 6 nitrogen and oxygen atoms in total. The van der Waals surface area contributed by atoms with Crippen molar-refractivity contribution in [2.45, 2.75) is 6.18 Å². The van der Waals surface area contributed by atoms with E-state index in [0.29, 0.717) is 0 Å². The standard InChI is InChI=1S/C12H6ClF3N4O2/c1-22-10(21)5-2-3-7-6(4-5)17-8(13)9-18-19-11(20(7)9)12(14,15)16/h2-4H,1H3. The van der Waals surface area contributed by atoms with E-state index in [1.54, 1.807) is 0 Å².